The zero-order valence-corrected chi connectivity index (χ0v) is 17.5. The van der Waals surface area contributed by atoms with Crippen molar-refractivity contribution >= 4 is 11.6 Å². The molecule has 8 nitrogen and oxygen atoms in total. The average molecular weight is 413 g/mol. The van der Waals surface area contributed by atoms with Crippen molar-refractivity contribution in [2.75, 3.05) is 5.32 Å². The van der Waals surface area contributed by atoms with Crippen molar-refractivity contribution < 1.29 is 4.79 Å². The number of nitrogens with zero attached hydrogens (tertiary/aromatic N) is 6. The molecule has 1 aliphatic heterocycles. The number of aryl methyl sites for hydroxylation is 4. The molecule has 0 saturated heterocycles. The largest absolute Gasteiger partial charge is 0.334 e. The number of carbonyl (C=O) groups is 1. The topological polar surface area (TPSA) is 90.5 Å². The Balaban J connectivity index is 1.39. The Morgan fingerprint density at radius 3 is 2.68 bits per heavy atom. The fourth-order valence-electron chi connectivity index (χ4n) is 3.96. The zero-order chi connectivity index (χ0) is 21.4. The smallest absolute Gasteiger partial charge is 0.276 e. The monoisotopic (exact) mass is 413 g/mol. The van der Waals surface area contributed by atoms with Crippen molar-refractivity contribution in [2.45, 2.75) is 39.7 Å². The molecule has 4 heterocycles. The summed E-state index contributed by atoms with van der Waals surface area (Å²) in [6.07, 6.45) is 5.41. The van der Waals surface area contributed by atoms with Crippen LogP contribution in [0.5, 0.6) is 0 Å². The van der Waals surface area contributed by atoms with Gasteiger partial charge in [-0.15, -0.1) is 10.2 Å². The molecule has 156 valence electrons. The number of aromatic nitrogens is 6. The number of nitrogens with one attached hydrogen (secondary N) is 1. The second-order valence-electron chi connectivity index (χ2n) is 7.81. The van der Waals surface area contributed by atoms with Crippen LogP contribution in [-0.4, -0.2) is 35.4 Å². The number of rotatable bonds is 4. The molecule has 1 aliphatic rings. The molecule has 3 aromatic heterocycles. The van der Waals surface area contributed by atoms with E-state index in [1.54, 1.807) is 16.8 Å². The SMILES string of the molecule is Cc1cc(C)n(-c2ccc(C(=O)Nc3ccccc3-c3cn4c(n3)CCCC4)nn2)n1. The van der Waals surface area contributed by atoms with Crippen LogP contribution in [0.2, 0.25) is 0 Å². The van der Waals surface area contributed by atoms with Crippen LogP contribution >= 0.6 is 0 Å². The summed E-state index contributed by atoms with van der Waals surface area (Å²) >= 11 is 0. The van der Waals surface area contributed by atoms with Crippen molar-refractivity contribution in [2.24, 2.45) is 0 Å². The highest BCUT2D eigenvalue weighted by molar-refractivity contribution is 6.04. The molecule has 8 heteroatoms. The Morgan fingerprint density at radius 1 is 1.06 bits per heavy atom. The quantitative estimate of drug-likeness (QED) is 0.550. The van der Waals surface area contributed by atoms with Crippen LogP contribution in [0.4, 0.5) is 5.69 Å². The molecule has 31 heavy (non-hydrogen) atoms. The first-order valence-electron chi connectivity index (χ1n) is 10.4. The number of anilines is 1. The molecule has 0 aliphatic carbocycles. The third-order valence-corrected chi connectivity index (χ3v) is 5.47. The first kappa shape index (κ1) is 19.2. The average Bonchev–Trinajstić information content (AvgIpc) is 3.36. The Bertz CT molecular complexity index is 1230. The Kier molecular flexibility index (Phi) is 4.82. The van der Waals surface area contributed by atoms with Gasteiger partial charge in [-0.1, -0.05) is 18.2 Å². The van der Waals surface area contributed by atoms with Gasteiger partial charge in [-0.2, -0.15) is 5.10 Å². The van der Waals surface area contributed by atoms with Crippen LogP contribution in [0.15, 0.2) is 48.7 Å². The molecule has 1 amide bonds. The third-order valence-electron chi connectivity index (χ3n) is 5.47. The van der Waals surface area contributed by atoms with Gasteiger partial charge in [0.15, 0.2) is 11.5 Å². The lowest BCUT2D eigenvalue weighted by atomic mass is 10.1. The highest BCUT2D eigenvalue weighted by Gasteiger charge is 2.17. The lowest BCUT2D eigenvalue weighted by Gasteiger charge is -2.11. The summed E-state index contributed by atoms with van der Waals surface area (Å²) in [4.78, 5) is 17.6. The lowest BCUT2D eigenvalue weighted by Crippen LogP contribution is -2.16. The van der Waals surface area contributed by atoms with E-state index in [1.165, 1.54) is 12.8 Å². The summed E-state index contributed by atoms with van der Waals surface area (Å²) in [7, 11) is 0. The summed E-state index contributed by atoms with van der Waals surface area (Å²) in [6, 6.07) is 13.1. The maximum Gasteiger partial charge on any atom is 0.276 e. The van der Waals surface area contributed by atoms with E-state index in [4.69, 9.17) is 4.98 Å². The fraction of sp³-hybridized carbons (Fsp3) is 0.261. The summed E-state index contributed by atoms with van der Waals surface area (Å²) in [5, 5.41) is 15.7. The number of fused-ring (bicyclic) bond motifs is 1. The van der Waals surface area contributed by atoms with Gasteiger partial charge in [0.25, 0.3) is 5.91 Å². The molecule has 0 bridgehead atoms. The third kappa shape index (κ3) is 3.72. The summed E-state index contributed by atoms with van der Waals surface area (Å²) in [5.41, 5.74) is 4.57. The molecule has 0 atom stereocenters. The Morgan fingerprint density at radius 2 is 1.94 bits per heavy atom. The van der Waals surface area contributed by atoms with Crippen molar-refractivity contribution in [3.05, 3.63) is 71.6 Å². The predicted octanol–water partition coefficient (Wildman–Crippen LogP) is 3.73. The standard InChI is InChI=1S/C23H23N7O/c1-15-13-16(2)30(28-15)22-11-10-19(26-27-22)23(31)25-18-8-4-3-7-17(18)20-14-29-12-6-5-9-21(29)24-20/h3-4,7-8,10-11,13-14H,5-6,9,12H2,1-2H3,(H,25,31). The molecule has 0 saturated carbocycles. The van der Waals surface area contributed by atoms with Crippen molar-refractivity contribution in [1.82, 2.24) is 29.5 Å². The van der Waals surface area contributed by atoms with Crippen molar-refractivity contribution in [3.8, 4) is 17.1 Å². The van der Waals surface area contributed by atoms with E-state index >= 15 is 0 Å². The second-order valence-corrected chi connectivity index (χ2v) is 7.81. The van der Waals surface area contributed by atoms with Gasteiger partial charge >= 0.3 is 0 Å². The van der Waals surface area contributed by atoms with Crippen LogP contribution in [-0.2, 0) is 13.0 Å². The molecule has 1 aromatic carbocycles. The van der Waals surface area contributed by atoms with Crippen LogP contribution in [0.25, 0.3) is 17.1 Å². The first-order chi connectivity index (χ1) is 15.1. The van der Waals surface area contributed by atoms with Gasteiger partial charge in [-0.3, -0.25) is 4.79 Å². The van der Waals surface area contributed by atoms with Crippen LogP contribution in [0.1, 0.15) is 40.5 Å². The molecule has 0 unspecified atom stereocenters. The van der Waals surface area contributed by atoms with E-state index < -0.39 is 0 Å². The van der Waals surface area contributed by atoms with E-state index in [1.807, 2.05) is 44.2 Å². The lowest BCUT2D eigenvalue weighted by molar-refractivity contribution is 0.102. The summed E-state index contributed by atoms with van der Waals surface area (Å²) in [5.74, 6) is 1.36. The number of hydrogen-bond acceptors (Lipinski definition) is 5. The molecule has 0 fully saturated rings. The summed E-state index contributed by atoms with van der Waals surface area (Å²) in [6.45, 7) is 4.87. The molecule has 0 radical (unpaired) electrons. The maximum absolute atomic E-state index is 12.8. The molecule has 5 rings (SSSR count). The van der Waals surface area contributed by atoms with Gasteiger partial charge in [0, 0.05) is 30.4 Å². The predicted molar refractivity (Wildman–Crippen MR) is 117 cm³/mol. The number of imidazole rings is 1. The van der Waals surface area contributed by atoms with Gasteiger partial charge in [0.2, 0.25) is 0 Å². The molecule has 0 spiro atoms. The molecule has 4 aromatic rings. The van der Waals surface area contributed by atoms with Gasteiger partial charge in [0.1, 0.15) is 5.82 Å². The molecular weight excluding hydrogens is 390 g/mol. The van der Waals surface area contributed by atoms with Crippen molar-refractivity contribution in [1.29, 1.82) is 0 Å². The fourth-order valence-corrected chi connectivity index (χ4v) is 3.96. The zero-order valence-electron chi connectivity index (χ0n) is 17.5. The molecule has 1 N–H and O–H groups in total. The highest BCUT2D eigenvalue weighted by Crippen LogP contribution is 2.29. The maximum atomic E-state index is 12.8. The minimum Gasteiger partial charge on any atom is -0.334 e. The number of hydrogen-bond donors (Lipinski definition) is 1. The van der Waals surface area contributed by atoms with Gasteiger partial charge < -0.3 is 9.88 Å². The minimum absolute atomic E-state index is 0.240. The molecular formula is C23H23N7O. The number of benzene rings is 1. The van der Waals surface area contributed by atoms with Gasteiger partial charge in [-0.05, 0) is 51.0 Å². The van der Waals surface area contributed by atoms with Crippen LogP contribution in [0, 0.1) is 13.8 Å². The van der Waals surface area contributed by atoms with Gasteiger partial charge in [-0.25, -0.2) is 9.67 Å². The Labute approximate surface area is 180 Å². The first-order valence-corrected chi connectivity index (χ1v) is 10.4. The highest BCUT2D eigenvalue weighted by atomic mass is 16.1. The van der Waals surface area contributed by atoms with E-state index in [2.05, 4.69) is 31.4 Å². The van der Waals surface area contributed by atoms with Crippen LogP contribution in [0.3, 0.4) is 0 Å². The number of amides is 1. The number of para-hydroxylation sites is 1. The minimum atomic E-state index is -0.316. The summed E-state index contributed by atoms with van der Waals surface area (Å²) < 4.78 is 3.92. The van der Waals surface area contributed by atoms with Crippen LogP contribution < -0.4 is 5.32 Å². The van der Waals surface area contributed by atoms with Gasteiger partial charge in [0.05, 0.1) is 17.1 Å². The normalized spacial score (nSPS) is 13.1. The number of carbonyl (C=O) groups excluding carboxylic acids is 1. The van der Waals surface area contributed by atoms with E-state index in [0.29, 0.717) is 11.5 Å². The van der Waals surface area contributed by atoms with E-state index in [0.717, 1.165) is 41.4 Å². The van der Waals surface area contributed by atoms with E-state index in [9.17, 15) is 4.79 Å². The second kappa shape index (κ2) is 7.79. The Hall–Kier alpha value is -3.81. The van der Waals surface area contributed by atoms with E-state index in [-0.39, 0.29) is 11.6 Å². The van der Waals surface area contributed by atoms with Crippen molar-refractivity contribution in [3.63, 3.8) is 0 Å².